The fourth-order valence-electron chi connectivity index (χ4n) is 3.09. The summed E-state index contributed by atoms with van der Waals surface area (Å²) in [7, 11) is 0. The van der Waals surface area contributed by atoms with Crippen molar-refractivity contribution in [2.45, 2.75) is 83.0 Å². The minimum Gasteiger partial charge on any atom is -0.394 e. The molecule has 1 aliphatic rings. The van der Waals surface area contributed by atoms with Crippen LogP contribution < -0.4 is 5.32 Å². The molecule has 1 saturated heterocycles. The molecule has 0 radical (unpaired) electrons. The Morgan fingerprint density at radius 3 is 2.27 bits per heavy atom. The molecule has 1 heterocycles. The topological polar surface area (TPSA) is 91.2 Å². The van der Waals surface area contributed by atoms with Crippen LogP contribution in [-0.2, 0) is 9.47 Å². The summed E-state index contributed by atoms with van der Waals surface area (Å²) < 4.78 is 11.6. The third-order valence-corrected chi connectivity index (χ3v) is 5.10. The molecular weight excluding hydrogens is 286 g/mol. The minimum absolute atomic E-state index is 0.376. The number of nitrogens with one attached hydrogen (secondary N) is 1. The lowest BCUT2D eigenvalue weighted by atomic mass is 9.67. The quantitative estimate of drug-likeness (QED) is 0.494. The van der Waals surface area contributed by atoms with Crippen LogP contribution in [0.25, 0.3) is 0 Å². The first-order chi connectivity index (χ1) is 10.2. The number of rotatable bonds is 8. The van der Waals surface area contributed by atoms with Crippen molar-refractivity contribution in [1.29, 1.82) is 0 Å². The van der Waals surface area contributed by atoms with Gasteiger partial charge in [0, 0.05) is 6.61 Å². The Balaban J connectivity index is 3.02. The lowest BCUT2D eigenvalue weighted by Gasteiger charge is -2.59. The van der Waals surface area contributed by atoms with Crippen LogP contribution in [0.15, 0.2) is 0 Å². The first-order valence-electron chi connectivity index (χ1n) is 8.27. The summed E-state index contributed by atoms with van der Waals surface area (Å²) in [4.78, 5) is 0. The van der Waals surface area contributed by atoms with Crippen molar-refractivity contribution in [2.75, 3.05) is 19.8 Å². The Kier molecular flexibility index (Phi) is 6.80. The van der Waals surface area contributed by atoms with Gasteiger partial charge in [0.15, 0.2) is 0 Å². The standard InChI is InChI=1S/C16H33NO5/c1-6-8-9-10-17-13-15(4,21-7-2)16(5,20)14(3,19)12(11-18)22-13/h12-13,17-20H,6-11H2,1-5H3. The second-order valence-corrected chi connectivity index (χ2v) is 6.61. The normalized spacial score (nSPS) is 42.5. The van der Waals surface area contributed by atoms with E-state index < -0.39 is 29.1 Å². The number of hydrogen-bond acceptors (Lipinski definition) is 6. The second-order valence-electron chi connectivity index (χ2n) is 6.61. The molecule has 1 fully saturated rings. The molecule has 5 atom stereocenters. The van der Waals surface area contributed by atoms with Crippen LogP contribution in [-0.4, -0.2) is 64.2 Å². The molecule has 0 aliphatic carbocycles. The Morgan fingerprint density at radius 1 is 1.14 bits per heavy atom. The Morgan fingerprint density at radius 2 is 1.77 bits per heavy atom. The smallest absolute Gasteiger partial charge is 0.140 e. The maximum atomic E-state index is 11.0. The molecule has 1 aliphatic heterocycles. The summed E-state index contributed by atoms with van der Waals surface area (Å²) in [6, 6.07) is 0. The molecule has 22 heavy (non-hydrogen) atoms. The average molecular weight is 319 g/mol. The van der Waals surface area contributed by atoms with Gasteiger partial charge in [-0.15, -0.1) is 0 Å². The van der Waals surface area contributed by atoms with Gasteiger partial charge < -0.3 is 24.8 Å². The van der Waals surface area contributed by atoms with Gasteiger partial charge in [-0.05, 0) is 40.7 Å². The highest BCUT2D eigenvalue weighted by Gasteiger charge is 2.66. The van der Waals surface area contributed by atoms with Crippen LogP contribution in [0.4, 0.5) is 0 Å². The van der Waals surface area contributed by atoms with Crippen LogP contribution in [0.1, 0.15) is 53.9 Å². The predicted molar refractivity (Wildman–Crippen MR) is 84.6 cm³/mol. The van der Waals surface area contributed by atoms with Gasteiger partial charge in [0.05, 0.1) is 6.61 Å². The van der Waals surface area contributed by atoms with Crippen LogP contribution in [0.2, 0.25) is 0 Å². The Labute approximate surface area is 133 Å². The zero-order valence-corrected chi connectivity index (χ0v) is 14.6. The van der Waals surface area contributed by atoms with E-state index in [0.717, 1.165) is 25.8 Å². The number of unbranched alkanes of at least 4 members (excludes halogenated alkanes) is 2. The van der Waals surface area contributed by atoms with E-state index in [2.05, 4.69) is 12.2 Å². The van der Waals surface area contributed by atoms with Gasteiger partial charge in [0.1, 0.15) is 29.1 Å². The van der Waals surface area contributed by atoms with Crippen molar-refractivity contribution in [3.8, 4) is 0 Å². The van der Waals surface area contributed by atoms with E-state index in [4.69, 9.17) is 9.47 Å². The van der Waals surface area contributed by atoms with E-state index in [-0.39, 0.29) is 6.61 Å². The number of hydrogen-bond donors (Lipinski definition) is 4. The highest BCUT2D eigenvalue weighted by molar-refractivity contribution is 5.15. The fraction of sp³-hybridized carbons (Fsp3) is 1.00. The van der Waals surface area contributed by atoms with E-state index in [1.807, 2.05) is 6.92 Å². The first-order valence-corrected chi connectivity index (χ1v) is 8.27. The van der Waals surface area contributed by atoms with Crippen molar-refractivity contribution in [2.24, 2.45) is 0 Å². The SMILES string of the molecule is CCCCCNC1OC(CO)C(C)(O)C(C)(O)C1(C)OCC. The maximum absolute atomic E-state index is 11.0. The molecular formula is C16H33NO5. The van der Waals surface area contributed by atoms with Crippen molar-refractivity contribution in [3.63, 3.8) is 0 Å². The third kappa shape index (κ3) is 3.32. The highest BCUT2D eigenvalue weighted by atomic mass is 16.6. The van der Waals surface area contributed by atoms with E-state index in [0.29, 0.717) is 6.61 Å². The average Bonchev–Trinajstić information content (AvgIpc) is 2.44. The van der Waals surface area contributed by atoms with Crippen LogP contribution in [0, 0.1) is 0 Å². The summed E-state index contributed by atoms with van der Waals surface area (Å²) >= 11 is 0. The Bertz CT molecular complexity index is 347. The maximum Gasteiger partial charge on any atom is 0.140 e. The van der Waals surface area contributed by atoms with E-state index >= 15 is 0 Å². The lowest BCUT2D eigenvalue weighted by molar-refractivity contribution is -0.357. The zero-order chi connectivity index (χ0) is 17.0. The summed E-state index contributed by atoms with van der Waals surface area (Å²) in [5, 5.41) is 34.5. The van der Waals surface area contributed by atoms with Gasteiger partial charge in [-0.25, -0.2) is 0 Å². The highest BCUT2D eigenvalue weighted by Crippen LogP contribution is 2.45. The summed E-state index contributed by atoms with van der Waals surface area (Å²) in [6.45, 7) is 9.43. The summed E-state index contributed by atoms with van der Waals surface area (Å²) in [5.74, 6) is 0. The van der Waals surface area contributed by atoms with Crippen molar-refractivity contribution < 1.29 is 24.8 Å². The number of aliphatic hydroxyl groups is 3. The van der Waals surface area contributed by atoms with E-state index in [1.54, 1.807) is 6.92 Å². The van der Waals surface area contributed by atoms with Gasteiger partial charge in [0.25, 0.3) is 0 Å². The van der Waals surface area contributed by atoms with Gasteiger partial charge in [0.2, 0.25) is 0 Å². The lowest BCUT2D eigenvalue weighted by Crippen LogP contribution is -2.80. The van der Waals surface area contributed by atoms with Gasteiger partial charge >= 0.3 is 0 Å². The van der Waals surface area contributed by atoms with Gasteiger partial charge in [-0.2, -0.15) is 0 Å². The molecule has 132 valence electrons. The molecule has 0 saturated carbocycles. The molecule has 1 rings (SSSR count). The third-order valence-electron chi connectivity index (χ3n) is 5.10. The van der Waals surface area contributed by atoms with Crippen LogP contribution in [0.3, 0.4) is 0 Å². The van der Waals surface area contributed by atoms with Crippen LogP contribution in [0.5, 0.6) is 0 Å². The van der Waals surface area contributed by atoms with E-state index in [1.165, 1.54) is 13.8 Å². The molecule has 0 aromatic carbocycles. The molecule has 6 heteroatoms. The number of ether oxygens (including phenoxy) is 2. The number of aliphatic hydroxyl groups excluding tert-OH is 1. The van der Waals surface area contributed by atoms with Crippen molar-refractivity contribution in [1.82, 2.24) is 5.32 Å². The molecule has 4 N–H and O–H groups in total. The summed E-state index contributed by atoms with van der Waals surface area (Å²) in [5.41, 5.74) is -4.36. The van der Waals surface area contributed by atoms with Crippen LogP contribution >= 0.6 is 0 Å². The zero-order valence-electron chi connectivity index (χ0n) is 14.6. The monoisotopic (exact) mass is 319 g/mol. The largest absolute Gasteiger partial charge is 0.394 e. The molecule has 0 spiro atoms. The minimum atomic E-state index is -1.63. The van der Waals surface area contributed by atoms with Gasteiger partial charge in [-0.1, -0.05) is 19.8 Å². The predicted octanol–water partition coefficient (Wildman–Crippen LogP) is 0.781. The van der Waals surface area contributed by atoms with Crippen molar-refractivity contribution in [3.05, 3.63) is 0 Å². The molecule has 5 unspecified atom stereocenters. The van der Waals surface area contributed by atoms with Gasteiger partial charge in [-0.3, -0.25) is 5.32 Å². The first kappa shape index (κ1) is 19.8. The molecule has 6 nitrogen and oxygen atoms in total. The molecule has 0 aromatic rings. The fourth-order valence-corrected chi connectivity index (χ4v) is 3.09. The Hall–Kier alpha value is -0.240. The molecule has 0 bridgehead atoms. The molecule has 0 amide bonds. The van der Waals surface area contributed by atoms with E-state index in [9.17, 15) is 15.3 Å². The second kappa shape index (κ2) is 7.55. The van der Waals surface area contributed by atoms with Crippen molar-refractivity contribution >= 4 is 0 Å². The summed E-state index contributed by atoms with van der Waals surface area (Å²) in [6.07, 6.45) is 1.70. The molecule has 0 aromatic heterocycles.